The van der Waals surface area contributed by atoms with Gasteiger partial charge < -0.3 is 0 Å². The highest BCUT2D eigenvalue weighted by Crippen LogP contribution is 2.29. The molecule has 0 saturated carbocycles. The van der Waals surface area contributed by atoms with Crippen LogP contribution in [-0.4, -0.2) is 31.2 Å². The number of halogens is 3. The SMILES string of the molecule is CCCC(C)CC(N(C)C)C(F)(F)F. The van der Waals surface area contributed by atoms with Gasteiger partial charge in [-0.05, 0) is 26.4 Å². The molecule has 2 unspecified atom stereocenters. The maximum Gasteiger partial charge on any atom is 0.404 e. The monoisotopic (exact) mass is 211 g/mol. The molecule has 0 spiro atoms. The van der Waals surface area contributed by atoms with Gasteiger partial charge in [0, 0.05) is 0 Å². The molecule has 14 heavy (non-hydrogen) atoms. The summed E-state index contributed by atoms with van der Waals surface area (Å²) in [6, 6.07) is -1.30. The van der Waals surface area contributed by atoms with Crippen LogP contribution >= 0.6 is 0 Å². The lowest BCUT2D eigenvalue weighted by Crippen LogP contribution is -2.42. The van der Waals surface area contributed by atoms with Gasteiger partial charge in [-0.2, -0.15) is 13.2 Å². The highest BCUT2D eigenvalue weighted by molar-refractivity contribution is 4.76. The first-order valence-corrected chi connectivity index (χ1v) is 5.02. The van der Waals surface area contributed by atoms with Crippen molar-refractivity contribution in [3.8, 4) is 0 Å². The predicted octanol–water partition coefficient (Wildman–Crippen LogP) is 3.31. The van der Waals surface area contributed by atoms with E-state index in [2.05, 4.69) is 0 Å². The van der Waals surface area contributed by atoms with Crippen LogP contribution in [0, 0.1) is 5.92 Å². The van der Waals surface area contributed by atoms with E-state index in [0.29, 0.717) is 0 Å². The predicted molar refractivity (Wildman–Crippen MR) is 52.2 cm³/mol. The van der Waals surface area contributed by atoms with Crippen molar-refractivity contribution in [3.63, 3.8) is 0 Å². The van der Waals surface area contributed by atoms with Crippen LogP contribution in [0.15, 0.2) is 0 Å². The van der Waals surface area contributed by atoms with Crippen LogP contribution in [0.4, 0.5) is 13.2 Å². The molecule has 0 N–H and O–H groups in total. The van der Waals surface area contributed by atoms with Gasteiger partial charge in [0.15, 0.2) is 0 Å². The minimum absolute atomic E-state index is 0.133. The highest BCUT2D eigenvalue weighted by atomic mass is 19.4. The summed E-state index contributed by atoms with van der Waals surface area (Å²) in [5, 5.41) is 0. The maximum absolute atomic E-state index is 12.5. The second kappa shape index (κ2) is 5.59. The molecule has 0 heterocycles. The second-order valence-corrected chi connectivity index (χ2v) is 4.15. The van der Waals surface area contributed by atoms with E-state index >= 15 is 0 Å². The number of hydrogen-bond donors (Lipinski definition) is 0. The van der Waals surface area contributed by atoms with Crippen molar-refractivity contribution in [1.82, 2.24) is 4.90 Å². The fraction of sp³-hybridized carbons (Fsp3) is 1.00. The number of nitrogens with zero attached hydrogens (tertiary/aromatic N) is 1. The van der Waals surface area contributed by atoms with Gasteiger partial charge in [0.25, 0.3) is 0 Å². The Balaban J connectivity index is 4.24. The van der Waals surface area contributed by atoms with Crippen LogP contribution in [0.3, 0.4) is 0 Å². The van der Waals surface area contributed by atoms with Gasteiger partial charge in [-0.25, -0.2) is 0 Å². The first kappa shape index (κ1) is 13.8. The van der Waals surface area contributed by atoms with E-state index in [-0.39, 0.29) is 12.3 Å². The lowest BCUT2D eigenvalue weighted by Gasteiger charge is -2.28. The fourth-order valence-corrected chi connectivity index (χ4v) is 1.63. The van der Waals surface area contributed by atoms with Crippen LogP contribution < -0.4 is 0 Å². The van der Waals surface area contributed by atoms with Gasteiger partial charge in [0.1, 0.15) is 6.04 Å². The molecule has 0 radical (unpaired) electrons. The zero-order chi connectivity index (χ0) is 11.4. The van der Waals surface area contributed by atoms with Gasteiger partial charge in [-0.1, -0.05) is 26.7 Å². The van der Waals surface area contributed by atoms with E-state index in [9.17, 15) is 13.2 Å². The molecule has 0 aromatic carbocycles. The van der Waals surface area contributed by atoms with Crippen molar-refractivity contribution >= 4 is 0 Å². The van der Waals surface area contributed by atoms with Crippen LogP contribution in [0.5, 0.6) is 0 Å². The molecule has 2 atom stereocenters. The Morgan fingerprint density at radius 1 is 1.21 bits per heavy atom. The summed E-state index contributed by atoms with van der Waals surface area (Å²) in [5.41, 5.74) is 0. The van der Waals surface area contributed by atoms with Crippen molar-refractivity contribution in [3.05, 3.63) is 0 Å². The highest BCUT2D eigenvalue weighted by Gasteiger charge is 2.41. The van der Waals surface area contributed by atoms with Gasteiger partial charge in [0.05, 0.1) is 0 Å². The summed E-state index contributed by atoms with van der Waals surface area (Å²) < 4.78 is 37.6. The summed E-state index contributed by atoms with van der Waals surface area (Å²) in [7, 11) is 2.97. The van der Waals surface area contributed by atoms with E-state index < -0.39 is 12.2 Å². The Bertz CT molecular complexity index is 154. The zero-order valence-electron chi connectivity index (χ0n) is 9.36. The molecule has 0 aliphatic heterocycles. The Morgan fingerprint density at radius 2 is 1.71 bits per heavy atom. The summed E-state index contributed by atoms with van der Waals surface area (Å²) >= 11 is 0. The van der Waals surface area contributed by atoms with Crippen LogP contribution in [0.2, 0.25) is 0 Å². The third-order valence-electron chi connectivity index (χ3n) is 2.41. The summed E-state index contributed by atoms with van der Waals surface area (Å²) in [6.07, 6.45) is -2.10. The summed E-state index contributed by atoms with van der Waals surface area (Å²) in [6.45, 7) is 3.88. The van der Waals surface area contributed by atoms with Gasteiger partial charge in [-0.15, -0.1) is 0 Å². The second-order valence-electron chi connectivity index (χ2n) is 4.15. The van der Waals surface area contributed by atoms with E-state index in [1.165, 1.54) is 19.0 Å². The Hall–Kier alpha value is -0.250. The van der Waals surface area contributed by atoms with Crippen molar-refractivity contribution in [1.29, 1.82) is 0 Å². The molecule has 0 aliphatic carbocycles. The first-order valence-electron chi connectivity index (χ1n) is 5.02. The van der Waals surface area contributed by atoms with Crippen molar-refractivity contribution in [2.45, 2.75) is 45.3 Å². The normalized spacial score (nSPS) is 17.1. The standard InChI is InChI=1S/C10H20F3N/c1-5-6-8(2)7-9(14(3)4)10(11,12)13/h8-9H,5-7H2,1-4H3. The molecular formula is C10H20F3N. The van der Waals surface area contributed by atoms with E-state index in [1.807, 2.05) is 13.8 Å². The van der Waals surface area contributed by atoms with E-state index in [0.717, 1.165) is 12.8 Å². The lowest BCUT2D eigenvalue weighted by atomic mass is 9.96. The maximum atomic E-state index is 12.5. The number of rotatable bonds is 5. The molecule has 0 bridgehead atoms. The van der Waals surface area contributed by atoms with Crippen molar-refractivity contribution < 1.29 is 13.2 Å². The van der Waals surface area contributed by atoms with Crippen molar-refractivity contribution in [2.24, 2.45) is 5.92 Å². The van der Waals surface area contributed by atoms with Crippen LogP contribution in [0.25, 0.3) is 0 Å². The molecule has 0 aromatic rings. The molecule has 0 aromatic heterocycles. The van der Waals surface area contributed by atoms with E-state index in [4.69, 9.17) is 0 Å². The Labute approximate surface area is 84.3 Å². The van der Waals surface area contributed by atoms with Gasteiger partial charge >= 0.3 is 6.18 Å². The largest absolute Gasteiger partial charge is 0.404 e. The minimum atomic E-state index is -4.11. The summed E-state index contributed by atoms with van der Waals surface area (Å²) in [4.78, 5) is 1.26. The Morgan fingerprint density at radius 3 is 2.00 bits per heavy atom. The first-order chi connectivity index (χ1) is 6.29. The Kier molecular flexibility index (Phi) is 5.49. The third-order valence-corrected chi connectivity index (χ3v) is 2.41. The minimum Gasteiger partial charge on any atom is -0.298 e. The third kappa shape index (κ3) is 4.84. The van der Waals surface area contributed by atoms with Crippen molar-refractivity contribution in [2.75, 3.05) is 14.1 Å². The molecule has 0 amide bonds. The molecule has 0 aliphatic rings. The quantitative estimate of drug-likeness (QED) is 0.674. The average molecular weight is 211 g/mol. The number of alkyl halides is 3. The fourth-order valence-electron chi connectivity index (χ4n) is 1.63. The van der Waals surface area contributed by atoms with Crippen LogP contribution in [-0.2, 0) is 0 Å². The molecule has 0 saturated heterocycles. The van der Waals surface area contributed by atoms with Gasteiger partial charge in [-0.3, -0.25) is 4.90 Å². The molecule has 0 fully saturated rings. The summed E-state index contributed by atoms with van der Waals surface area (Å²) in [5.74, 6) is 0.133. The average Bonchev–Trinajstić information content (AvgIpc) is 1.98. The molecular weight excluding hydrogens is 191 g/mol. The smallest absolute Gasteiger partial charge is 0.298 e. The van der Waals surface area contributed by atoms with Crippen LogP contribution in [0.1, 0.15) is 33.1 Å². The van der Waals surface area contributed by atoms with Gasteiger partial charge in [0.2, 0.25) is 0 Å². The van der Waals surface area contributed by atoms with E-state index in [1.54, 1.807) is 0 Å². The number of hydrogen-bond acceptors (Lipinski definition) is 1. The molecule has 4 heteroatoms. The topological polar surface area (TPSA) is 3.24 Å². The molecule has 1 nitrogen and oxygen atoms in total. The molecule has 0 rings (SSSR count). The lowest BCUT2D eigenvalue weighted by molar-refractivity contribution is -0.181. The molecule has 86 valence electrons. The zero-order valence-corrected chi connectivity index (χ0v) is 9.36.